The molecule has 1 N–H and O–H groups in total. The lowest BCUT2D eigenvalue weighted by molar-refractivity contribution is 0.283. The van der Waals surface area contributed by atoms with E-state index in [-0.39, 0.29) is 6.04 Å². The Labute approximate surface area is 119 Å². The van der Waals surface area contributed by atoms with E-state index in [1.807, 2.05) is 6.92 Å². The van der Waals surface area contributed by atoms with Crippen LogP contribution in [0.15, 0.2) is 0 Å². The van der Waals surface area contributed by atoms with Gasteiger partial charge in [0.05, 0.1) is 11.5 Å². The number of sulfone groups is 1. The van der Waals surface area contributed by atoms with Crippen LogP contribution in [-0.4, -0.2) is 32.5 Å². The summed E-state index contributed by atoms with van der Waals surface area (Å²) in [6.07, 6.45) is 9.07. The normalized spacial score (nSPS) is 19.5. The molecule has 1 aliphatic carbocycles. The van der Waals surface area contributed by atoms with Gasteiger partial charge in [0.15, 0.2) is 9.84 Å². The van der Waals surface area contributed by atoms with Crippen molar-refractivity contribution >= 4 is 9.84 Å². The number of rotatable bonds is 9. The van der Waals surface area contributed by atoms with Crippen LogP contribution in [-0.2, 0) is 9.84 Å². The van der Waals surface area contributed by atoms with Crippen molar-refractivity contribution in [2.75, 3.05) is 18.1 Å². The van der Waals surface area contributed by atoms with Crippen LogP contribution in [0.25, 0.3) is 0 Å². The number of hydrogen-bond donors (Lipinski definition) is 1. The third-order valence-electron chi connectivity index (χ3n) is 4.12. The van der Waals surface area contributed by atoms with E-state index in [1.165, 1.54) is 32.1 Å². The summed E-state index contributed by atoms with van der Waals surface area (Å²) in [7, 11) is -2.89. The summed E-state index contributed by atoms with van der Waals surface area (Å²) in [5.41, 5.74) is 0. The van der Waals surface area contributed by atoms with Crippen LogP contribution in [0.1, 0.15) is 65.2 Å². The Kier molecular flexibility index (Phi) is 8.00. The lowest BCUT2D eigenvalue weighted by Gasteiger charge is -2.31. The fourth-order valence-corrected chi connectivity index (χ4v) is 4.78. The van der Waals surface area contributed by atoms with Crippen molar-refractivity contribution in [1.29, 1.82) is 0 Å². The Hall–Kier alpha value is -0.0900. The summed E-state index contributed by atoms with van der Waals surface area (Å²) < 4.78 is 24.3. The minimum absolute atomic E-state index is 0.183. The highest BCUT2D eigenvalue weighted by Gasteiger charge is 2.27. The molecular weight excluding hydrogens is 258 g/mol. The zero-order valence-electron chi connectivity index (χ0n) is 12.7. The van der Waals surface area contributed by atoms with Crippen LogP contribution in [0.4, 0.5) is 0 Å². The van der Waals surface area contributed by atoms with Gasteiger partial charge in [0, 0.05) is 6.04 Å². The van der Waals surface area contributed by atoms with Crippen LogP contribution in [0, 0.1) is 5.92 Å². The SMILES string of the molecule is CCCCS(=O)(=O)CC(NCCC)C1CCCCC1. The molecule has 1 saturated carbocycles. The molecule has 0 spiro atoms. The summed E-state index contributed by atoms with van der Waals surface area (Å²) in [6.45, 7) is 5.12. The standard InChI is InChI=1S/C15H31NO2S/c1-3-5-12-19(17,18)13-15(16-11-4-2)14-9-7-6-8-10-14/h14-16H,3-13H2,1-2H3. The molecule has 0 aliphatic heterocycles. The molecule has 1 unspecified atom stereocenters. The fourth-order valence-electron chi connectivity index (χ4n) is 2.95. The first kappa shape index (κ1) is 17.0. The highest BCUT2D eigenvalue weighted by Crippen LogP contribution is 2.27. The van der Waals surface area contributed by atoms with Crippen molar-refractivity contribution in [3.05, 3.63) is 0 Å². The highest BCUT2D eigenvalue weighted by molar-refractivity contribution is 7.91. The summed E-state index contributed by atoms with van der Waals surface area (Å²) in [5.74, 6) is 1.27. The van der Waals surface area contributed by atoms with Crippen molar-refractivity contribution in [3.8, 4) is 0 Å². The summed E-state index contributed by atoms with van der Waals surface area (Å²) in [4.78, 5) is 0. The second kappa shape index (κ2) is 8.96. The van der Waals surface area contributed by atoms with Crippen molar-refractivity contribution in [2.45, 2.75) is 71.3 Å². The number of unbranched alkanes of at least 4 members (excludes halogenated alkanes) is 1. The molecule has 0 aromatic heterocycles. The number of hydrogen-bond acceptors (Lipinski definition) is 3. The maximum Gasteiger partial charge on any atom is 0.151 e. The van der Waals surface area contributed by atoms with Crippen molar-refractivity contribution < 1.29 is 8.42 Å². The summed E-state index contributed by atoms with van der Waals surface area (Å²) in [6, 6.07) is 0.183. The van der Waals surface area contributed by atoms with Crippen LogP contribution in [0.3, 0.4) is 0 Å². The molecule has 3 nitrogen and oxygen atoms in total. The van der Waals surface area contributed by atoms with Gasteiger partial charge in [0.25, 0.3) is 0 Å². The van der Waals surface area contributed by atoms with Crippen LogP contribution >= 0.6 is 0 Å². The van der Waals surface area contributed by atoms with Gasteiger partial charge < -0.3 is 5.32 Å². The third-order valence-corrected chi connectivity index (χ3v) is 5.90. The lowest BCUT2D eigenvalue weighted by atomic mass is 9.84. The van der Waals surface area contributed by atoms with Gasteiger partial charge in [0.1, 0.15) is 0 Å². The van der Waals surface area contributed by atoms with Crippen molar-refractivity contribution in [2.24, 2.45) is 5.92 Å². The molecule has 0 amide bonds. The largest absolute Gasteiger partial charge is 0.313 e. The molecule has 0 heterocycles. The first-order valence-corrected chi connectivity index (χ1v) is 9.85. The van der Waals surface area contributed by atoms with E-state index in [9.17, 15) is 8.42 Å². The summed E-state index contributed by atoms with van der Waals surface area (Å²) in [5, 5.41) is 3.49. The van der Waals surface area contributed by atoms with Crippen molar-refractivity contribution in [1.82, 2.24) is 5.32 Å². The Morgan fingerprint density at radius 2 is 1.79 bits per heavy atom. The topological polar surface area (TPSA) is 46.2 Å². The molecule has 0 radical (unpaired) electrons. The molecule has 114 valence electrons. The minimum Gasteiger partial charge on any atom is -0.313 e. The first-order chi connectivity index (χ1) is 9.09. The van der Waals surface area contributed by atoms with Gasteiger partial charge in [-0.25, -0.2) is 8.42 Å². The van der Waals surface area contributed by atoms with Gasteiger partial charge in [-0.2, -0.15) is 0 Å². The zero-order valence-corrected chi connectivity index (χ0v) is 13.5. The van der Waals surface area contributed by atoms with Crippen LogP contribution in [0.2, 0.25) is 0 Å². The van der Waals surface area contributed by atoms with E-state index < -0.39 is 9.84 Å². The average molecular weight is 289 g/mol. The molecule has 19 heavy (non-hydrogen) atoms. The van der Waals surface area contributed by atoms with Gasteiger partial charge in [-0.15, -0.1) is 0 Å². The van der Waals surface area contributed by atoms with E-state index in [1.54, 1.807) is 0 Å². The Bertz CT molecular complexity index is 321. The Balaban J connectivity index is 2.57. The number of nitrogens with one attached hydrogen (secondary N) is 1. The predicted molar refractivity (Wildman–Crippen MR) is 82.2 cm³/mol. The van der Waals surface area contributed by atoms with E-state index in [0.717, 1.165) is 25.8 Å². The molecule has 1 rings (SSSR count). The summed E-state index contributed by atoms with van der Waals surface area (Å²) >= 11 is 0. The second-order valence-corrected chi connectivity index (χ2v) is 8.16. The molecule has 0 saturated heterocycles. The molecule has 0 bridgehead atoms. The maximum atomic E-state index is 12.2. The second-order valence-electron chi connectivity index (χ2n) is 5.93. The lowest BCUT2D eigenvalue weighted by Crippen LogP contribution is -2.43. The fraction of sp³-hybridized carbons (Fsp3) is 1.00. The zero-order chi connectivity index (χ0) is 14.1. The highest BCUT2D eigenvalue weighted by atomic mass is 32.2. The molecule has 4 heteroatoms. The van der Waals surface area contributed by atoms with Crippen LogP contribution in [0.5, 0.6) is 0 Å². The van der Waals surface area contributed by atoms with Gasteiger partial charge in [-0.05, 0) is 38.1 Å². The molecule has 1 fully saturated rings. The van der Waals surface area contributed by atoms with Gasteiger partial charge in [-0.1, -0.05) is 39.5 Å². The predicted octanol–water partition coefficient (Wildman–Crippen LogP) is 3.15. The van der Waals surface area contributed by atoms with Gasteiger partial charge >= 0.3 is 0 Å². The van der Waals surface area contributed by atoms with E-state index in [0.29, 0.717) is 17.4 Å². The maximum absolute atomic E-state index is 12.2. The van der Waals surface area contributed by atoms with Gasteiger partial charge in [-0.3, -0.25) is 0 Å². The van der Waals surface area contributed by atoms with E-state index >= 15 is 0 Å². The van der Waals surface area contributed by atoms with Crippen LogP contribution < -0.4 is 5.32 Å². The molecular formula is C15H31NO2S. The average Bonchev–Trinajstić information content (AvgIpc) is 2.42. The molecule has 1 atom stereocenters. The Morgan fingerprint density at radius 3 is 2.37 bits per heavy atom. The van der Waals surface area contributed by atoms with E-state index in [4.69, 9.17) is 0 Å². The minimum atomic E-state index is -2.89. The smallest absolute Gasteiger partial charge is 0.151 e. The quantitative estimate of drug-likeness (QED) is 0.709. The monoisotopic (exact) mass is 289 g/mol. The van der Waals surface area contributed by atoms with Gasteiger partial charge in [0.2, 0.25) is 0 Å². The van der Waals surface area contributed by atoms with E-state index in [2.05, 4.69) is 12.2 Å². The third kappa shape index (κ3) is 6.75. The Morgan fingerprint density at radius 1 is 1.11 bits per heavy atom. The molecule has 0 aromatic rings. The molecule has 1 aliphatic rings. The van der Waals surface area contributed by atoms with Crippen molar-refractivity contribution in [3.63, 3.8) is 0 Å². The molecule has 0 aromatic carbocycles. The first-order valence-electron chi connectivity index (χ1n) is 8.03.